The average molecular weight is 240 g/mol. The third-order valence-corrected chi connectivity index (χ3v) is 2.47. The van der Waals surface area contributed by atoms with Crippen LogP contribution < -0.4 is 0 Å². The number of hydrogen-bond donors (Lipinski definition) is 0. The summed E-state index contributed by atoms with van der Waals surface area (Å²) in [7, 11) is 0. The maximum atomic E-state index is 5.21. The van der Waals surface area contributed by atoms with Crippen molar-refractivity contribution in [3.05, 3.63) is 35.9 Å². The van der Waals surface area contributed by atoms with E-state index in [-0.39, 0.29) is 6.10 Å². The number of oxime groups is 1. The van der Waals surface area contributed by atoms with Crippen molar-refractivity contribution in [3.63, 3.8) is 0 Å². The molecule has 68 valence electrons. The second kappa shape index (κ2) is 3.92. The Morgan fingerprint density at radius 3 is 2.77 bits per heavy atom. The summed E-state index contributed by atoms with van der Waals surface area (Å²) < 4.78 is 0.911. The Bertz CT molecular complexity index is 310. The Labute approximate surface area is 85.7 Å². The first-order valence-corrected chi connectivity index (χ1v) is 5.06. The Kier molecular flexibility index (Phi) is 2.64. The van der Waals surface area contributed by atoms with Crippen LogP contribution in [-0.2, 0) is 11.3 Å². The molecule has 0 N–H and O–H groups in total. The van der Waals surface area contributed by atoms with Crippen LogP contribution in [0.1, 0.15) is 12.0 Å². The van der Waals surface area contributed by atoms with E-state index in [0.717, 1.165) is 17.5 Å². The van der Waals surface area contributed by atoms with Crippen LogP contribution in [0.2, 0.25) is 0 Å². The molecular formula is C10H10BrNO. The number of rotatable bonds is 2. The van der Waals surface area contributed by atoms with Gasteiger partial charge in [0.25, 0.3) is 0 Å². The molecule has 1 aromatic carbocycles. The molecule has 0 fully saturated rings. The van der Waals surface area contributed by atoms with Gasteiger partial charge in [-0.3, -0.25) is 0 Å². The van der Waals surface area contributed by atoms with Gasteiger partial charge in [0.05, 0.1) is 0 Å². The quantitative estimate of drug-likeness (QED) is 0.778. The van der Waals surface area contributed by atoms with Crippen molar-refractivity contribution in [1.82, 2.24) is 0 Å². The summed E-state index contributed by atoms with van der Waals surface area (Å²) in [6, 6.07) is 10.3. The summed E-state index contributed by atoms with van der Waals surface area (Å²) in [5, 5.41) is 3.85. The summed E-state index contributed by atoms with van der Waals surface area (Å²) >= 11 is 3.32. The minimum Gasteiger partial charge on any atom is -0.391 e. The Morgan fingerprint density at radius 1 is 1.38 bits per heavy atom. The lowest BCUT2D eigenvalue weighted by atomic mass is 10.1. The highest BCUT2D eigenvalue weighted by Gasteiger charge is 2.18. The SMILES string of the molecule is BrC1=NO[C@H](Cc2ccccc2)C1. The van der Waals surface area contributed by atoms with Gasteiger partial charge in [-0.15, -0.1) is 0 Å². The summed E-state index contributed by atoms with van der Waals surface area (Å²) in [4.78, 5) is 5.21. The Hall–Kier alpha value is -0.830. The monoisotopic (exact) mass is 239 g/mol. The number of nitrogens with zero attached hydrogens (tertiary/aromatic N) is 1. The van der Waals surface area contributed by atoms with E-state index in [1.54, 1.807) is 0 Å². The maximum Gasteiger partial charge on any atom is 0.137 e. The van der Waals surface area contributed by atoms with Gasteiger partial charge < -0.3 is 4.84 Å². The molecule has 1 aliphatic heterocycles. The largest absolute Gasteiger partial charge is 0.391 e. The molecule has 13 heavy (non-hydrogen) atoms. The highest BCUT2D eigenvalue weighted by atomic mass is 79.9. The van der Waals surface area contributed by atoms with E-state index in [4.69, 9.17) is 4.84 Å². The van der Waals surface area contributed by atoms with E-state index in [2.05, 4.69) is 33.2 Å². The molecule has 1 aliphatic rings. The number of halogens is 1. The van der Waals surface area contributed by atoms with Crippen LogP contribution in [0.25, 0.3) is 0 Å². The fourth-order valence-corrected chi connectivity index (χ4v) is 1.83. The zero-order valence-electron chi connectivity index (χ0n) is 7.11. The topological polar surface area (TPSA) is 21.6 Å². The van der Waals surface area contributed by atoms with E-state index >= 15 is 0 Å². The normalized spacial score (nSPS) is 21.0. The molecule has 2 nitrogen and oxygen atoms in total. The van der Waals surface area contributed by atoms with Gasteiger partial charge in [-0.05, 0) is 21.5 Å². The lowest BCUT2D eigenvalue weighted by Gasteiger charge is -2.06. The molecule has 1 heterocycles. The van der Waals surface area contributed by atoms with Gasteiger partial charge in [0.1, 0.15) is 10.7 Å². The number of hydrogen-bond acceptors (Lipinski definition) is 2. The molecule has 0 spiro atoms. The van der Waals surface area contributed by atoms with Crippen molar-refractivity contribution in [3.8, 4) is 0 Å². The van der Waals surface area contributed by atoms with Gasteiger partial charge >= 0.3 is 0 Å². The van der Waals surface area contributed by atoms with Gasteiger partial charge in [-0.2, -0.15) is 0 Å². The van der Waals surface area contributed by atoms with Crippen LogP contribution in [0.4, 0.5) is 0 Å². The van der Waals surface area contributed by atoms with Gasteiger partial charge in [-0.1, -0.05) is 35.5 Å². The highest BCUT2D eigenvalue weighted by molar-refractivity contribution is 9.18. The first-order chi connectivity index (χ1) is 6.34. The molecule has 0 amide bonds. The fraction of sp³-hybridized carbons (Fsp3) is 0.300. The predicted molar refractivity (Wildman–Crippen MR) is 56.0 cm³/mol. The third kappa shape index (κ3) is 2.31. The molecular weight excluding hydrogens is 230 g/mol. The average Bonchev–Trinajstić information content (AvgIpc) is 2.53. The molecule has 0 saturated carbocycles. The van der Waals surface area contributed by atoms with Crippen LogP contribution in [0, 0.1) is 0 Å². The van der Waals surface area contributed by atoms with Gasteiger partial charge in [0.2, 0.25) is 0 Å². The van der Waals surface area contributed by atoms with Crippen molar-refractivity contribution < 1.29 is 4.84 Å². The van der Waals surface area contributed by atoms with Gasteiger partial charge in [0, 0.05) is 12.8 Å². The van der Waals surface area contributed by atoms with Crippen LogP contribution in [0.15, 0.2) is 35.5 Å². The van der Waals surface area contributed by atoms with Gasteiger partial charge in [0.15, 0.2) is 0 Å². The van der Waals surface area contributed by atoms with Crippen LogP contribution in [-0.4, -0.2) is 10.7 Å². The Morgan fingerprint density at radius 2 is 2.15 bits per heavy atom. The molecule has 0 aliphatic carbocycles. The predicted octanol–water partition coefficient (Wildman–Crippen LogP) is 2.73. The lowest BCUT2D eigenvalue weighted by Crippen LogP contribution is -2.09. The molecule has 0 saturated heterocycles. The summed E-state index contributed by atoms with van der Waals surface area (Å²) in [6.07, 6.45) is 2.02. The molecule has 1 atom stereocenters. The first kappa shape index (κ1) is 8.75. The summed E-state index contributed by atoms with van der Waals surface area (Å²) in [5.41, 5.74) is 1.30. The van der Waals surface area contributed by atoms with Crippen molar-refractivity contribution in [2.75, 3.05) is 0 Å². The fourth-order valence-electron chi connectivity index (χ4n) is 1.38. The van der Waals surface area contributed by atoms with Crippen molar-refractivity contribution in [1.29, 1.82) is 0 Å². The van der Waals surface area contributed by atoms with E-state index in [0.29, 0.717) is 0 Å². The molecule has 2 rings (SSSR count). The van der Waals surface area contributed by atoms with Crippen LogP contribution in [0.5, 0.6) is 0 Å². The molecule has 0 aromatic heterocycles. The van der Waals surface area contributed by atoms with E-state index in [9.17, 15) is 0 Å². The molecule has 0 bridgehead atoms. The number of benzene rings is 1. The molecule has 3 heteroatoms. The Balaban J connectivity index is 1.94. The first-order valence-electron chi connectivity index (χ1n) is 4.27. The lowest BCUT2D eigenvalue weighted by molar-refractivity contribution is 0.0859. The van der Waals surface area contributed by atoms with Crippen LogP contribution in [0.3, 0.4) is 0 Å². The zero-order valence-corrected chi connectivity index (χ0v) is 8.70. The smallest absolute Gasteiger partial charge is 0.137 e. The standard InChI is InChI=1S/C10H10BrNO/c11-10-7-9(13-12-10)6-8-4-2-1-3-5-8/h1-5,9H,6-7H2/t9-/m1/s1. The van der Waals surface area contributed by atoms with E-state index in [1.165, 1.54) is 5.56 Å². The summed E-state index contributed by atoms with van der Waals surface area (Å²) in [5.74, 6) is 0. The second-order valence-electron chi connectivity index (χ2n) is 3.09. The van der Waals surface area contributed by atoms with Crippen molar-refractivity contribution in [2.24, 2.45) is 5.16 Å². The second-order valence-corrected chi connectivity index (χ2v) is 4.00. The highest BCUT2D eigenvalue weighted by Crippen LogP contribution is 2.18. The van der Waals surface area contributed by atoms with Crippen LogP contribution >= 0.6 is 15.9 Å². The summed E-state index contributed by atoms with van der Waals surface area (Å²) in [6.45, 7) is 0. The van der Waals surface area contributed by atoms with E-state index < -0.39 is 0 Å². The van der Waals surface area contributed by atoms with E-state index in [1.807, 2.05) is 18.2 Å². The van der Waals surface area contributed by atoms with Crippen molar-refractivity contribution in [2.45, 2.75) is 18.9 Å². The van der Waals surface area contributed by atoms with Gasteiger partial charge in [-0.25, -0.2) is 0 Å². The molecule has 0 radical (unpaired) electrons. The third-order valence-electron chi connectivity index (χ3n) is 2.00. The molecule has 1 aromatic rings. The van der Waals surface area contributed by atoms with Crippen molar-refractivity contribution >= 4 is 20.6 Å². The minimum absolute atomic E-state index is 0.205. The zero-order chi connectivity index (χ0) is 9.10. The maximum absolute atomic E-state index is 5.21. The molecule has 0 unspecified atom stereocenters. The minimum atomic E-state index is 0.205.